The second kappa shape index (κ2) is 10.3. The molecule has 0 radical (unpaired) electrons. The number of thiophene rings is 1. The summed E-state index contributed by atoms with van der Waals surface area (Å²) in [6.45, 7) is 0. The fraction of sp³-hybridized carbons (Fsp3) is 0. The summed E-state index contributed by atoms with van der Waals surface area (Å²) in [6.07, 6.45) is 0. The molecule has 198 valence electrons. The van der Waals surface area contributed by atoms with Crippen LogP contribution in [-0.4, -0.2) is 0 Å². The molecule has 0 aliphatic carbocycles. The molecule has 8 aromatic rings. The number of rotatable bonds is 5. The Balaban J connectivity index is 1.34. The molecule has 0 atom stereocenters. The van der Waals surface area contributed by atoms with E-state index in [-0.39, 0.29) is 0 Å². The molecule has 0 fully saturated rings. The van der Waals surface area contributed by atoms with Crippen LogP contribution in [0, 0.1) is 0 Å². The molecule has 0 unspecified atom stereocenters. The Morgan fingerprint density at radius 1 is 0.405 bits per heavy atom. The summed E-state index contributed by atoms with van der Waals surface area (Å²) in [5.74, 6) is 0. The van der Waals surface area contributed by atoms with E-state index in [1.807, 2.05) is 11.3 Å². The van der Waals surface area contributed by atoms with Gasteiger partial charge in [-0.1, -0.05) is 127 Å². The third-order valence-electron chi connectivity index (χ3n) is 8.06. The first-order chi connectivity index (χ1) is 20.8. The van der Waals surface area contributed by atoms with Crippen LogP contribution in [-0.2, 0) is 0 Å². The van der Waals surface area contributed by atoms with Crippen molar-refractivity contribution in [2.45, 2.75) is 0 Å². The van der Waals surface area contributed by atoms with Gasteiger partial charge in [0, 0.05) is 26.7 Å². The first-order valence-corrected chi connectivity index (χ1v) is 15.1. The lowest BCUT2D eigenvalue weighted by molar-refractivity contribution is 1.30. The molecule has 0 saturated heterocycles. The maximum Gasteiger partial charge on any atom is 0.0640 e. The van der Waals surface area contributed by atoms with Gasteiger partial charge in [0.2, 0.25) is 0 Å². The minimum Gasteiger partial charge on any atom is -0.308 e. The molecule has 8 rings (SSSR count). The average Bonchev–Trinajstić information content (AvgIpc) is 3.45. The summed E-state index contributed by atoms with van der Waals surface area (Å²) in [7, 11) is 0. The van der Waals surface area contributed by atoms with Crippen molar-refractivity contribution in [1.29, 1.82) is 0 Å². The lowest BCUT2D eigenvalue weighted by Gasteiger charge is -2.28. The Hall–Kier alpha value is -5.18. The third-order valence-corrected chi connectivity index (χ3v) is 9.27. The van der Waals surface area contributed by atoms with E-state index in [0.717, 1.165) is 11.4 Å². The number of hydrogen-bond acceptors (Lipinski definition) is 2. The minimum atomic E-state index is 1.14. The SMILES string of the molecule is c1ccc(N(c2ccccc2-c2cccc(-c3cccc4ccccc34)c2)c2cccc3c2sc2ccccc23)cc1. The quantitative estimate of drug-likeness (QED) is 0.205. The van der Waals surface area contributed by atoms with Gasteiger partial charge in [0.15, 0.2) is 0 Å². The summed E-state index contributed by atoms with van der Waals surface area (Å²) in [5.41, 5.74) is 8.35. The molecule has 1 heterocycles. The van der Waals surface area contributed by atoms with Gasteiger partial charge in [-0.3, -0.25) is 0 Å². The normalized spacial score (nSPS) is 11.3. The van der Waals surface area contributed by atoms with Crippen LogP contribution in [0.2, 0.25) is 0 Å². The molecular weight excluding hydrogens is 527 g/mol. The number of anilines is 3. The number of para-hydroxylation sites is 2. The van der Waals surface area contributed by atoms with E-state index in [4.69, 9.17) is 0 Å². The fourth-order valence-electron chi connectivity index (χ4n) is 6.14. The highest BCUT2D eigenvalue weighted by molar-refractivity contribution is 7.26. The van der Waals surface area contributed by atoms with Crippen LogP contribution in [0.1, 0.15) is 0 Å². The van der Waals surface area contributed by atoms with Crippen molar-refractivity contribution in [1.82, 2.24) is 0 Å². The van der Waals surface area contributed by atoms with Crippen molar-refractivity contribution in [2.75, 3.05) is 4.90 Å². The van der Waals surface area contributed by atoms with Crippen LogP contribution in [0.25, 0.3) is 53.2 Å². The van der Waals surface area contributed by atoms with E-state index < -0.39 is 0 Å². The van der Waals surface area contributed by atoms with Gasteiger partial charge in [0.05, 0.1) is 16.1 Å². The molecule has 0 N–H and O–H groups in total. The van der Waals surface area contributed by atoms with Crippen molar-refractivity contribution in [3.05, 3.63) is 164 Å². The van der Waals surface area contributed by atoms with Crippen molar-refractivity contribution >= 4 is 59.3 Å². The molecule has 42 heavy (non-hydrogen) atoms. The zero-order chi connectivity index (χ0) is 27.9. The lowest BCUT2D eigenvalue weighted by atomic mass is 9.94. The molecule has 0 aliphatic heterocycles. The Labute approximate surface area is 249 Å². The molecule has 1 nitrogen and oxygen atoms in total. The molecule has 0 amide bonds. The van der Waals surface area contributed by atoms with E-state index in [0.29, 0.717) is 0 Å². The van der Waals surface area contributed by atoms with E-state index in [2.05, 4.69) is 169 Å². The summed E-state index contributed by atoms with van der Waals surface area (Å²) in [4.78, 5) is 2.43. The summed E-state index contributed by atoms with van der Waals surface area (Å²) >= 11 is 1.87. The van der Waals surface area contributed by atoms with Crippen molar-refractivity contribution in [2.24, 2.45) is 0 Å². The Kier molecular flexibility index (Phi) is 6.05. The summed E-state index contributed by atoms with van der Waals surface area (Å²) < 4.78 is 2.60. The monoisotopic (exact) mass is 553 g/mol. The van der Waals surface area contributed by atoms with Crippen molar-refractivity contribution in [3.8, 4) is 22.3 Å². The number of fused-ring (bicyclic) bond motifs is 4. The second-order valence-corrected chi connectivity index (χ2v) is 11.6. The van der Waals surface area contributed by atoms with Gasteiger partial charge in [0.1, 0.15) is 0 Å². The second-order valence-electron chi connectivity index (χ2n) is 10.5. The van der Waals surface area contributed by atoms with E-state index >= 15 is 0 Å². The minimum absolute atomic E-state index is 1.14. The maximum absolute atomic E-state index is 2.43. The van der Waals surface area contributed by atoms with Gasteiger partial charge < -0.3 is 4.90 Å². The standard InChI is InChI=1S/C40H27NS/c1-2-17-31(18-3-1)41(38-25-12-23-36-35-21-7-9-26-39(35)42-40(36)38)37-24-8-6-20-34(37)30-16-10-15-29(27-30)33-22-11-14-28-13-4-5-19-32(28)33/h1-27H. The third kappa shape index (κ3) is 4.16. The van der Waals surface area contributed by atoms with E-state index in [9.17, 15) is 0 Å². The largest absolute Gasteiger partial charge is 0.308 e. The highest BCUT2D eigenvalue weighted by Crippen LogP contribution is 2.47. The maximum atomic E-state index is 2.43. The molecule has 0 bridgehead atoms. The molecule has 0 spiro atoms. The van der Waals surface area contributed by atoms with Crippen LogP contribution < -0.4 is 4.90 Å². The summed E-state index contributed by atoms with van der Waals surface area (Å²) in [5, 5.41) is 5.13. The predicted molar refractivity (Wildman–Crippen MR) is 182 cm³/mol. The van der Waals surface area contributed by atoms with Crippen LogP contribution >= 0.6 is 11.3 Å². The smallest absolute Gasteiger partial charge is 0.0640 e. The van der Waals surface area contributed by atoms with Gasteiger partial charge >= 0.3 is 0 Å². The fourth-order valence-corrected chi connectivity index (χ4v) is 7.34. The molecular formula is C40H27NS. The zero-order valence-corrected chi connectivity index (χ0v) is 23.8. The molecule has 7 aromatic carbocycles. The number of nitrogens with zero attached hydrogens (tertiary/aromatic N) is 1. The van der Waals surface area contributed by atoms with Crippen LogP contribution in [0.4, 0.5) is 17.1 Å². The Bertz CT molecular complexity index is 2200. The first kappa shape index (κ1) is 24.6. The van der Waals surface area contributed by atoms with Gasteiger partial charge in [-0.25, -0.2) is 0 Å². The van der Waals surface area contributed by atoms with Crippen LogP contribution in [0.15, 0.2) is 164 Å². The molecule has 0 saturated carbocycles. The van der Waals surface area contributed by atoms with Gasteiger partial charge in [-0.05, 0) is 63.9 Å². The van der Waals surface area contributed by atoms with Gasteiger partial charge in [0.25, 0.3) is 0 Å². The first-order valence-electron chi connectivity index (χ1n) is 14.3. The average molecular weight is 554 g/mol. The van der Waals surface area contributed by atoms with Gasteiger partial charge in [-0.2, -0.15) is 0 Å². The number of hydrogen-bond donors (Lipinski definition) is 0. The highest BCUT2D eigenvalue weighted by atomic mass is 32.1. The molecule has 2 heteroatoms. The Morgan fingerprint density at radius 2 is 1.00 bits per heavy atom. The molecule has 1 aromatic heterocycles. The predicted octanol–water partition coefficient (Wildman–Crippen LogP) is 12.0. The Morgan fingerprint density at radius 3 is 1.90 bits per heavy atom. The van der Waals surface area contributed by atoms with Gasteiger partial charge in [-0.15, -0.1) is 11.3 Å². The summed E-state index contributed by atoms with van der Waals surface area (Å²) in [6, 6.07) is 59.1. The van der Waals surface area contributed by atoms with Crippen LogP contribution in [0.3, 0.4) is 0 Å². The number of benzene rings is 7. The van der Waals surface area contributed by atoms with Crippen molar-refractivity contribution in [3.63, 3.8) is 0 Å². The lowest BCUT2D eigenvalue weighted by Crippen LogP contribution is -2.11. The van der Waals surface area contributed by atoms with E-state index in [1.165, 1.54) is 58.9 Å². The van der Waals surface area contributed by atoms with Crippen LogP contribution in [0.5, 0.6) is 0 Å². The van der Waals surface area contributed by atoms with E-state index in [1.54, 1.807) is 0 Å². The van der Waals surface area contributed by atoms with Crippen molar-refractivity contribution < 1.29 is 0 Å². The zero-order valence-electron chi connectivity index (χ0n) is 22.9. The topological polar surface area (TPSA) is 3.24 Å². The highest BCUT2D eigenvalue weighted by Gasteiger charge is 2.20. The molecule has 0 aliphatic rings.